The average molecular weight is 421 g/mol. The van der Waals surface area contributed by atoms with Gasteiger partial charge >= 0.3 is 0 Å². The lowest BCUT2D eigenvalue weighted by Crippen LogP contribution is -2.35. The van der Waals surface area contributed by atoms with Gasteiger partial charge in [0.2, 0.25) is 5.91 Å². The minimum absolute atomic E-state index is 0.0414. The number of hydrogen-bond acceptors (Lipinski definition) is 3. The number of Topliss-reactive ketones (excluding diaryl/α,β-unsaturated/α-hetero) is 1. The second-order valence-electron chi connectivity index (χ2n) is 8.83. The van der Waals surface area contributed by atoms with E-state index in [0.29, 0.717) is 12.6 Å². The Balaban J connectivity index is 1.44. The molecule has 1 heterocycles. The second kappa shape index (κ2) is 11.8. The van der Waals surface area contributed by atoms with Crippen LogP contribution in [0.15, 0.2) is 48.5 Å². The molecule has 31 heavy (non-hydrogen) atoms. The number of benzene rings is 2. The van der Waals surface area contributed by atoms with E-state index in [1.807, 2.05) is 24.3 Å². The normalized spacial score (nSPS) is 14.5. The number of aryl methyl sites for hydroxylation is 2. The molecule has 0 saturated carbocycles. The van der Waals surface area contributed by atoms with Crippen LogP contribution in [0.1, 0.15) is 66.6 Å². The molecule has 0 spiro atoms. The molecule has 1 aliphatic rings. The van der Waals surface area contributed by atoms with E-state index in [4.69, 9.17) is 0 Å². The summed E-state index contributed by atoms with van der Waals surface area (Å²) in [7, 11) is 0. The van der Waals surface area contributed by atoms with Crippen molar-refractivity contribution in [2.45, 2.75) is 64.8 Å². The molecule has 0 aliphatic carbocycles. The van der Waals surface area contributed by atoms with Gasteiger partial charge in [0, 0.05) is 37.5 Å². The third kappa shape index (κ3) is 7.32. The van der Waals surface area contributed by atoms with Crippen LogP contribution in [0.2, 0.25) is 0 Å². The molecule has 4 heteroatoms. The van der Waals surface area contributed by atoms with Gasteiger partial charge in [0.05, 0.1) is 0 Å². The topological polar surface area (TPSA) is 49.4 Å². The van der Waals surface area contributed by atoms with E-state index in [1.165, 1.54) is 16.7 Å². The molecule has 0 saturated heterocycles. The van der Waals surface area contributed by atoms with Crippen molar-refractivity contribution in [3.8, 4) is 0 Å². The molecule has 2 aromatic rings. The molecule has 0 fully saturated rings. The number of ketones is 1. The summed E-state index contributed by atoms with van der Waals surface area (Å²) in [4.78, 5) is 27.3. The van der Waals surface area contributed by atoms with Crippen molar-refractivity contribution in [3.63, 3.8) is 0 Å². The standard InChI is InChI=1S/C27H36N2O2/c1-21(2)29-18-7-11-23-12-13-25(20-24(23)16-19-29)26(30)14-15-27(31)28-17-6-10-22-8-4-3-5-9-22/h3-5,8-9,12-13,20-21H,6-7,10-11,14-19H2,1-2H3,(H,28,31). The van der Waals surface area contributed by atoms with Gasteiger partial charge in [-0.25, -0.2) is 0 Å². The predicted molar refractivity (Wildman–Crippen MR) is 127 cm³/mol. The van der Waals surface area contributed by atoms with Gasteiger partial charge in [0.1, 0.15) is 0 Å². The Bertz CT molecular complexity index is 861. The average Bonchev–Trinajstić information content (AvgIpc) is 2.76. The van der Waals surface area contributed by atoms with Gasteiger partial charge in [0.15, 0.2) is 5.78 Å². The van der Waals surface area contributed by atoms with Crippen molar-refractivity contribution in [1.29, 1.82) is 0 Å². The fraction of sp³-hybridized carbons (Fsp3) is 0.481. The Kier molecular flexibility index (Phi) is 8.84. The van der Waals surface area contributed by atoms with E-state index in [-0.39, 0.29) is 24.5 Å². The Morgan fingerprint density at radius 1 is 0.968 bits per heavy atom. The van der Waals surface area contributed by atoms with Crippen LogP contribution >= 0.6 is 0 Å². The number of carbonyl (C=O) groups excluding carboxylic acids is 2. The Hall–Kier alpha value is -2.46. The third-order valence-corrected chi connectivity index (χ3v) is 6.20. The molecule has 3 rings (SSSR count). The zero-order chi connectivity index (χ0) is 22.1. The minimum atomic E-state index is -0.0414. The van der Waals surface area contributed by atoms with Crippen LogP contribution in [-0.2, 0) is 24.1 Å². The SMILES string of the molecule is CC(C)N1CCCc2ccc(C(=O)CCC(=O)NCCCc3ccccc3)cc2CC1. The van der Waals surface area contributed by atoms with Crippen LogP contribution in [0.3, 0.4) is 0 Å². The van der Waals surface area contributed by atoms with Crippen LogP contribution in [0.25, 0.3) is 0 Å². The van der Waals surface area contributed by atoms with E-state index < -0.39 is 0 Å². The monoisotopic (exact) mass is 420 g/mol. The lowest BCUT2D eigenvalue weighted by molar-refractivity contribution is -0.121. The summed E-state index contributed by atoms with van der Waals surface area (Å²) in [5.74, 6) is 0.0187. The lowest BCUT2D eigenvalue weighted by atomic mass is 9.93. The van der Waals surface area contributed by atoms with E-state index in [0.717, 1.165) is 50.8 Å². The highest BCUT2D eigenvalue weighted by Gasteiger charge is 2.16. The molecule has 4 nitrogen and oxygen atoms in total. The summed E-state index contributed by atoms with van der Waals surface area (Å²) in [5.41, 5.74) is 4.69. The van der Waals surface area contributed by atoms with E-state index in [1.54, 1.807) is 0 Å². The van der Waals surface area contributed by atoms with E-state index in [2.05, 4.69) is 48.3 Å². The van der Waals surface area contributed by atoms with E-state index in [9.17, 15) is 9.59 Å². The number of carbonyl (C=O) groups is 2. The van der Waals surface area contributed by atoms with E-state index >= 15 is 0 Å². The van der Waals surface area contributed by atoms with Crippen molar-refractivity contribution in [2.24, 2.45) is 0 Å². The highest BCUT2D eigenvalue weighted by molar-refractivity contribution is 5.98. The first-order chi connectivity index (χ1) is 15.0. The number of amides is 1. The second-order valence-corrected chi connectivity index (χ2v) is 8.83. The number of rotatable bonds is 9. The highest BCUT2D eigenvalue weighted by atomic mass is 16.2. The van der Waals surface area contributed by atoms with Crippen molar-refractivity contribution in [1.82, 2.24) is 10.2 Å². The summed E-state index contributed by atoms with van der Waals surface area (Å²) >= 11 is 0. The highest BCUT2D eigenvalue weighted by Crippen LogP contribution is 2.20. The van der Waals surface area contributed by atoms with Crippen LogP contribution in [-0.4, -0.2) is 42.3 Å². The molecule has 166 valence electrons. The smallest absolute Gasteiger partial charge is 0.220 e. The molecule has 2 aromatic carbocycles. The first kappa shape index (κ1) is 23.2. The maximum absolute atomic E-state index is 12.7. The van der Waals surface area contributed by atoms with Crippen molar-refractivity contribution in [2.75, 3.05) is 19.6 Å². The van der Waals surface area contributed by atoms with Gasteiger partial charge in [-0.1, -0.05) is 42.5 Å². The summed E-state index contributed by atoms with van der Waals surface area (Å²) in [6, 6.07) is 17.0. The largest absolute Gasteiger partial charge is 0.356 e. The molecule has 0 aromatic heterocycles. The number of hydrogen-bond donors (Lipinski definition) is 1. The molecule has 0 radical (unpaired) electrons. The Morgan fingerprint density at radius 3 is 2.55 bits per heavy atom. The summed E-state index contributed by atoms with van der Waals surface area (Å²) in [6.45, 7) is 7.31. The fourth-order valence-corrected chi connectivity index (χ4v) is 4.27. The predicted octanol–water partition coefficient (Wildman–Crippen LogP) is 4.60. The number of fused-ring (bicyclic) bond motifs is 1. The first-order valence-electron chi connectivity index (χ1n) is 11.7. The maximum atomic E-state index is 12.7. The zero-order valence-electron chi connectivity index (χ0n) is 19.0. The Labute approximate surface area is 187 Å². The number of nitrogens with one attached hydrogen (secondary N) is 1. The molecular formula is C27H36N2O2. The van der Waals surface area contributed by atoms with Gasteiger partial charge in [-0.2, -0.15) is 0 Å². The minimum Gasteiger partial charge on any atom is -0.356 e. The Morgan fingerprint density at radius 2 is 1.77 bits per heavy atom. The van der Waals surface area contributed by atoms with Crippen LogP contribution < -0.4 is 5.32 Å². The molecule has 0 unspecified atom stereocenters. The summed E-state index contributed by atoms with van der Waals surface area (Å²) in [5, 5.41) is 2.94. The molecular weight excluding hydrogens is 384 g/mol. The van der Waals surface area contributed by atoms with Gasteiger partial charge in [-0.3, -0.25) is 9.59 Å². The molecule has 1 N–H and O–H groups in total. The van der Waals surface area contributed by atoms with Crippen molar-refractivity contribution in [3.05, 3.63) is 70.8 Å². The van der Waals surface area contributed by atoms with Crippen molar-refractivity contribution < 1.29 is 9.59 Å². The molecule has 1 aliphatic heterocycles. The van der Waals surface area contributed by atoms with Crippen LogP contribution in [0.5, 0.6) is 0 Å². The third-order valence-electron chi connectivity index (χ3n) is 6.20. The van der Waals surface area contributed by atoms with Gasteiger partial charge in [0.25, 0.3) is 0 Å². The first-order valence-corrected chi connectivity index (χ1v) is 11.7. The zero-order valence-corrected chi connectivity index (χ0v) is 19.0. The molecule has 0 bridgehead atoms. The quantitative estimate of drug-likeness (QED) is 0.476. The fourth-order valence-electron chi connectivity index (χ4n) is 4.27. The van der Waals surface area contributed by atoms with Crippen LogP contribution in [0, 0.1) is 0 Å². The molecule has 0 atom stereocenters. The van der Waals surface area contributed by atoms with Gasteiger partial charge in [-0.15, -0.1) is 0 Å². The van der Waals surface area contributed by atoms with Crippen LogP contribution in [0.4, 0.5) is 0 Å². The summed E-state index contributed by atoms with van der Waals surface area (Å²) in [6.07, 6.45) is 5.58. The lowest BCUT2D eigenvalue weighted by Gasteiger charge is -2.29. The van der Waals surface area contributed by atoms with Crippen molar-refractivity contribution >= 4 is 11.7 Å². The maximum Gasteiger partial charge on any atom is 0.220 e. The van der Waals surface area contributed by atoms with Gasteiger partial charge in [-0.05, 0) is 75.3 Å². The summed E-state index contributed by atoms with van der Waals surface area (Å²) < 4.78 is 0. The number of nitrogens with zero attached hydrogens (tertiary/aromatic N) is 1. The molecule has 1 amide bonds. The van der Waals surface area contributed by atoms with Gasteiger partial charge < -0.3 is 10.2 Å².